The third kappa shape index (κ3) is 4.16. The fraction of sp³-hybridized carbons (Fsp3) is 0.235. The SMILES string of the molecule is O=C(/C=C/c1cccc(Br)c1)N1CCN(c2ncccn2)CC1. The van der Waals surface area contributed by atoms with Crippen LogP contribution >= 0.6 is 15.9 Å². The maximum atomic E-state index is 12.3. The molecule has 1 amide bonds. The zero-order valence-electron chi connectivity index (χ0n) is 12.6. The summed E-state index contributed by atoms with van der Waals surface area (Å²) in [7, 11) is 0. The van der Waals surface area contributed by atoms with E-state index in [2.05, 4.69) is 30.8 Å². The lowest BCUT2D eigenvalue weighted by atomic mass is 10.2. The van der Waals surface area contributed by atoms with Gasteiger partial charge in [-0.1, -0.05) is 28.1 Å². The number of nitrogens with zero attached hydrogens (tertiary/aromatic N) is 4. The van der Waals surface area contributed by atoms with Crippen LogP contribution in [0.3, 0.4) is 0 Å². The molecular formula is C17H17BrN4O. The highest BCUT2D eigenvalue weighted by atomic mass is 79.9. The van der Waals surface area contributed by atoms with Crippen LogP contribution in [0.1, 0.15) is 5.56 Å². The molecule has 5 nitrogen and oxygen atoms in total. The van der Waals surface area contributed by atoms with E-state index >= 15 is 0 Å². The van der Waals surface area contributed by atoms with E-state index in [0.29, 0.717) is 13.1 Å². The molecule has 0 radical (unpaired) electrons. The van der Waals surface area contributed by atoms with Crippen LogP contribution in [0.2, 0.25) is 0 Å². The maximum absolute atomic E-state index is 12.3. The van der Waals surface area contributed by atoms with Crippen LogP contribution < -0.4 is 4.90 Å². The van der Waals surface area contributed by atoms with Gasteiger partial charge in [0.05, 0.1) is 0 Å². The summed E-state index contributed by atoms with van der Waals surface area (Å²) in [5.41, 5.74) is 1.00. The van der Waals surface area contributed by atoms with Crippen molar-refractivity contribution in [3.05, 3.63) is 58.8 Å². The topological polar surface area (TPSA) is 49.3 Å². The van der Waals surface area contributed by atoms with Crippen LogP contribution in [-0.2, 0) is 4.79 Å². The van der Waals surface area contributed by atoms with Crippen molar-refractivity contribution in [2.45, 2.75) is 0 Å². The van der Waals surface area contributed by atoms with Crippen LogP contribution in [0.4, 0.5) is 5.95 Å². The molecule has 1 fully saturated rings. The fourth-order valence-corrected chi connectivity index (χ4v) is 2.88. The molecule has 1 aliphatic heterocycles. The number of hydrogen-bond donors (Lipinski definition) is 0. The van der Waals surface area contributed by atoms with Gasteiger partial charge in [0, 0.05) is 49.1 Å². The largest absolute Gasteiger partial charge is 0.337 e. The second kappa shape index (κ2) is 7.37. The summed E-state index contributed by atoms with van der Waals surface area (Å²) < 4.78 is 1.00. The number of carbonyl (C=O) groups excluding carboxylic acids is 1. The van der Waals surface area contributed by atoms with E-state index in [1.165, 1.54) is 0 Å². The molecule has 0 saturated carbocycles. The lowest BCUT2D eigenvalue weighted by Crippen LogP contribution is -2.48. The monoisotopic (exact) mass is 372 g/mol. The van der Waals surface area contributed by atoms with Crippen molar-refractivity contribution in [1.82, 2.24) is 14.9 Å². The second-order valence-corrected chi connectivity index (χ2v) is 6.17. The molecule has 0 unspecified atom stereocenters. The number of aromatic nitrogens is 2. The zero-order valence-corrected chi connectivity index (χ0v) is 14.2. The molecule has 118 valence electrons. The number of hydrogen-bond acceptors (Lipinski definition) is 4. The first-order valence-corrected chi connectivity index (χ1v) is 8.26. The first kappa shape index (κ1) is 15.7. The van der Waals surface area contributed by atoms with E-state index in [-0.39, 0.29) is 5.91 Å². The van der Waals surface area contributed by atoms with Crippen molar-refractivity contribution in [2.75, 3.05) is 31.1 Å². The van der Waals surface area contributed by atoms with E-state index in [1.807, 2.05) is 35.2 Å². The highest BCUT2D eigenvalue weighted by Crippen LogP contribution is 2.14. The minimum Gasteiger partial charge on any atom is -0.337 e. The van der Waals surface area contributed by atoms with Crippen LogP contribution in [-0.4, -0.2) is 47.0 Å². The zero-order chi connectivity index (χ0) is 16.1. The van der Waals surface area contributed by atoms with Crippen molar-refractivity contribution in [3.63, 3.8) is 0 Å². The average Bonchev–Trinajstić information content (AvgIpc) is 2.61. The molecule has 0 aliphatic carbocycles. The molecule has 1 aromatic carbocycles. The lowest BCUT2D eigenvalue weighted by Gasteiger charge is -2.34. The third-order valence-electron chi connectivity index (χ3n) is 3.69. The molecule has 0 N–H and O–H groups in total. The molecule has 2 heterocycles. The minimum atomic E-state index is 0.0404. The molecular weight excluding hydrogens is 356 g/mol. The van der Waals surface area contributed by atoms with Gasteiger partial charge in [-0.25, -0.2) is 9.97 Å². The maximum Gasteiger partial charge on any atom is 0.246 e. The van der Waals surface area contributed by atoms with Crippen molar-refractivity contribution >= 4 is 33.9 Å². The molecule has 0 bridgehead atoms. The quantitative estimate of drug-likeness (QED) is 0.777. The number of rotatable bonds is 3. The van der Waals surface area contributed by atoms with Gasteiger partial charge in [-0.05, 0) is 29.8 Å². The van der Waals surface area contributed by atoms with Gasteiger partial charge in [0.1, 0.15) is 0 Å². The smallest absolute Gasteiger partial charge is 0.246 e. The molecule has 3 rings (SSSR count). The van der Waals surface area contributed by atoms with Gasteiger partial charge in [-0.2, -0.15) is 0 Å². The van der Waals surface area contributed by atoms with E-state index in [0.717, 1.165) is 29.1 Å². The van der Waals surface area contributed by atoms with E-state index in [9.17, 15) is 4.79 Å². The molecule has 1 aliphatic rings. The predicted molar refractivity (Wildman–Crippen MR) is 94.0 cm³/mol. The molecule has 0 spiro atoms. The van der Waals surface area contributed by atoms with E-state index in [1.54, 1.807) is 24.5 Å². The summed E-state index contributed by atoms with van der Waals surface area (Å²) in [6, 6.07) is 9.67. The Balaban J connectivity index is 1.56. The van der Waals surface area contributed by atoms with E-state index < -0.39 is 0 Å². The Hall–Kier alpha value is -2.21. The molecule has 2 aromatic rings. The summed E-state index contributed by atoms with van der Waals surface area (Å²) in [5.74, 6) is 0.767. The molecule has 1 aromatic heterocycles. The highest BCUT2D eigenvalue weighted by molar-refractivity contribution is 9.10. The summed E-state index contributed by atoms with van der Waals surface area (Å²) in [6.07, 6.45) is 6.96. The summed E-state index contributed by atoms with van der Waals surface area (Å²) in [6.45, 7) is 2.86. The highest BCUT2D eigenvalue weighted by Gasteiger charge is 2.20. The predicted octanol–water partition coefficient (Wildman–Crippen LogP) is 2.60. The van der Waals surface area contributed by atoms with Crippen molar-refractivity contribution < 1.29 is 4.79 Å². The Labute approximate surface area is 143 Å². The van der Waals surface area contributed by atoms with Gasteiger partial charge < -0.3 is 9.80 Å². The number of anilines is 1. The van der Waals surface area contributed by atoms with Crippen LogP contribution in [0.25, 0.3) is 6.08 Å². The normalized spacial score (nSPS) is 15.2. The van der Waals surface area contributed by atoms with Gasteiger partial charge in [0.15, 0.2) is 0 Å². The Morgan fingerprint density at radius 1 is 1.09 bits per heavy atom. The van der Waals surface area contributed by atoms with Gasteiger partial charge in [-0.15, -0.1) is 0 Å². The summed E-state index contributed by atoms with van der Waals surface area (Å²) in [5, 5.41) is 0. The molecule has 0 atom stereocenters. The second-order valence-electron chi connectivity index (χ2n) is 5.25. The van der Waals surface area contributed by atoms with Crippen LogP contribution in [0, 0.1) is 0 Å². The summed E-state index contributed by atoms with van der Waals surface area (Å²) in [4.78, 5) is 24.7. The fourth-order valence-electron chi connectivity index (χ4n) is 2.46. The Morgan fingerprint density at radius 3 is 2.52 bits per heavy atom. The van der Waals surface area contributed by atoms with Crippen molar-refractivity contribution in [1.29, 1.82) is 0 Å². The Bertz CT molecular complexity index is 697. The van der Waals surface area contributed by atoms with Crippen molar-refractivity contribution in [2.24, 2.45) is 0 Å². The number of halogens is 1. The lowest BCUT2D eigenvalue weighted by molar-refractivity contribution is -0.126. The number of benzene rings is 1. The minimum absolute atomic E-state index is 0.0404. The number of carbonyl (C=O) groups is 1. The van der Waals surface area contributed by atoms with Gasteiger partial charge in [-0.3, -0.25) is 4.79 Å². The summed E-state index contributed by atoms with van der Waals surface area (Å²) >= 11 is 3.43. The van der Waals surface area contributed by atoms with Crippen LogP contribution in [0.15, 0.2) is 53.3 Å². The molecule has 23 heavy (non-hydrogen) atoms. The molecule has 6 heteroatoms. The number of piperazine rings is 1. The van der Waals surface area contributed by atoms with Crippen LogP contribution in [0.5, 0.6) is 0 Å². The first-order valence-electron chi connectivity index (χ1n) is 7.47. The van der Waals surface area contributed by atoms with Gasteiger partial charge >= 0.3 is 0 Å². The third-order valence-corrected chi connectivity index (χ3v) is 4.19. The standard InChI is InChI=1S/C17H17BrN4O/c18-15-4-1-3-14(13-15)5-6-16(23)21-9-11-22(12-10-21)17-19-7-2-8-20-17/h1-8,13H,9-12H2/b6-5+. The van der Waals surface area contributed by atoms with Gasteiger partial charge in [0.2, 0.25) is 11.9 Å². The Kier molecular flexibility index (Phi) is 5.02. The number of amides is 1. The average molecular weight is 373 g/mol. The van der Waals surface area contributed by atoms with Gasteiger partial charge in [0.25, 0.3) is 0 Å². The first-order chi connectivity index (χ1) is 11.2. The van der Waals surface area contributed by atoms with Crippen molar-refractivity contribution in [3.8, 4) is 0 Å². The molecule has 1 saturated heterocycles. The Morgan fingerprint density at radius 2 is 1.83 bits per heavy atom. The van der Waals surface area contributed by atoms with E-state index in [4.69, 9.17) is 0 Å².